The number of carbonyl (C=O) groups is 2. The molecule has 1 fully saturated rings. The molecule has 2 aromatic carbocycles. The zero-order chi connectivity index (χ0) is 16.2. The lowest BCUT2D eigenvalue weighted by molar-refractivity contribution is -0.127. The predicted octanol–water partition coefficient (Wildman–Crippen LogP) is 2.99. The van der Waals surface area contributed by atoms with Crippen LogP contribution in [0.15, 0.2) is 54.6 Å². The lowest BCUT2D eigenvalue weighted by Crippen LogP contribution is -2.22. The van der Waals surface area contributed by atoms with Crippen LogP contribution in [0.3, 0.4) is 0 Å². The molecule has 1 unspecified atom stereocenters. The van der Waals surface area contributed by atoms with Crippen LogP contribution >= 0.6 is 0 Å². The second-order valence-electron chi connectivity index (χ2n) is 5.75. The van der Waals surface area contributed by atoms with E-state index >= 15 is 0 Å². The summed E-state index contributed by atoms with van der Waals surface area (Å²) in [6, 6.07) is 16.8. The number of ether oxygens (including phenoxy) is 1. The zero-order valence-electron chi connectivity index (χ0n) is 13.1. The topological polar surface area (TPSA) is 46.6 Å². The maximum Gasteiger partial charge on any atom is 0.338 e. The van der Waals surface area contributed by atoms with Gasteiger partial charge < -0.3 is 9.64 Å². The molecule has 0 saturated carbocycles. The van der Waals surface area contributed by atoms with Gasteiger partial charge in [0.1, 0.15) is 6.61 Å². The molecule has 0 aromatic heterocycles. The van der Waals surface area contributed by atoms with Crippen LogP contribution in [-0.4, -0.2) is 30.4 Å². The van der Waals surface area contributed by atoms with Gasteiger partial charge in [-0.2, -0.15) is 0 Å². The summed E-state index contributed by atoms with van der Waals surface area (Å²) in [4.78, 5) is 26.4. The minimum atomic E-state index is -0.383. The van der Waals surface area contributed by atoms with Crippen LogP contribution in [-0.2, 0) is 16.1 Å². The van der Waals surface area contributed by atoms with Crippen molar-refractivity contribution in [2.24, 2.45) is 0 Å². The number of esters is 1. The van der Waals surface area contributed by atoms with Crippen molar-refractivity contribution in [1.29, 1.82) is 0 Å². The Hall–Kier alpha value is -2.62. The van der Waals surface area contributed by atoms with Crippen molar-refractivity contribution in [1.82, 2.24) is 4.90 Å². The van der Waals surface area contributed by atoms with Gasteiger partial charge in [-0.1, -0.05) is 48.5 Å². The number of benzene rings is 2. The van der Waals surface area contributed by atoms with Crippen LogP contribution in [0.25, 0.3) is 0 Å². The third-order valence-corrected chi connectivity index (χ3v) is 4.20. The minimum Gasteiger partial charge on any atom is -0.457 e. The first kappa shape index (κ1) is 15.3. The summed E-state index contributed by atoms with van der Waals surface area (Å²) in [5.41, 5.74) is 2.19. The number of likely N-dealkylation sites (tertiary alicyclic amines) is 1. The number of nitrogens with zero attached hydrogens (tertiary/aromatic N) is 1. The van der Waals surface area contributed by atoms with Gasteiger partial charge in [-0.05, 0) is 23.6 Å². The molecule has 4 heteroatoms. The van der Waals surface area contributed by atoms with Crippen LogP contribution in [0.1, 0.15) is 33.8 Å². The standard InChI is InChI=1S/C19H19NO3/c1-20-12-11-16(18(20)21)15-9-5-6-10-17(15)19(22)23-13-14-7-3-2-4-8-14/h2-10,16H,11-13H2,1H3. The molecule has 0 N–H and O–H groups in total. The quantitative estimate of drug-likeness (QED) is 0.816. The molecular formula is C19H19NO3. The van der Waals surface area contributed by atoms with Gasteiger partial charge in [-0.3, -0.25) is 4.79 Å². The van der Waals surface area contributed by atoms with Gasteiger partial charge in [0.15, 0.2) is 0 Å². The monoisotopic (exact) mass is 309 g/mol. The van der Waals surface area contributed by atoms with Gasteiger partial charge in [0.05, 0.1) is 11.5 Å². The van der Waals surface area contributed by atoms with E-state index in [2.05, 4.69) is 0 Å². The number of hydrogen-bond acceptors (Lipinski definition) is 3. The highest BCUT2D eigenvalue weighted by Crippen LogP contribution is 2.30. The normalized spacial score (nSPS) is 17.3. The van der Waals surface area contributed by atoms with E-state index in [9.17, 15) is 9.59 Å². The first-order valence-corrected chi connectivity index (χ1v) is 7.72. The van der Waals surface area contributed by atoms with E-state index in [1.165, 1.54) is 0 Å². The second-order valence-corrected chi connectivity index (χ2v) is 5.75. The van der Waals surface area contributed by atoms with Crippen LogP contribution < -0.4 is 0 Å². The van der Waals surface area contributed by atoms with Gasteiger partial charge in [-0.15, -0.1) is 0 Å². The summed E-state index contributed by atoms with van der Waals surface area (Å²) in [6.45, 7) is 0.948. The fourth-order valence-corrected chi connectivity index (χ4v) is 2.90. The summed E-state index contributed by atoms with van der Waals surface area (Å²) in [5, 5.41) is 0. The number of amides is 1. The third kappa shape index (κ3) is 3.26. The fourth-order valence-electron chi connectivity index (χ4n) is 2.90. The van der Waals surface area contributed by atoms with Crippen molar-refractivity contribution in [3.05, 3.63) is 71.3 Å². The molecule has 1 aliphatic heterocycles. The smallest absolute Gasteiger partial charge is 0.338 e. The molecule has 0 spiro atoms. The Morgan fingerprint density at radius 1 is 1.13 bits per heavy atom. The average molecular weight is 309 g/mol. The van der Waals surface area contributed by atoms with E-state index in [1.807, 2.05) is 42.5 Å². The van der Waals surface area contributed by atoms with Crippen LogP contribution in [0.4, 0.5) is 0 Å². The van der Waals surface area contributed by atoms with Crippen LogP contribution in [0, 0.1) is 0 Å². The van der Waals surface area contributed by atoms with Crippen LogP contribution in [0.5, 0.6) is 0 Å². The molecule has 1 heterocycles. The van der Waals surface area contributed by atoms with Crippen molar-refractivity contribution in [2.75, 3.05) is 13.6 Å². The predicted molar refractivity (Wildman–Crippen MR) is 87.0 cm³/mol. The van der Waals surface area contributed by atoms with E-state index in [-0.39, 0.29) is 24.4 Å². The maximum absolute atomic E-state index is 12.4. The molecule has 118 valence electrons. The van der Waals surface area contributed by atoms with Gasteiger partial charge in [0.25, 0.3) is 0 Å². The minimum absolute atomic E-state index is 0.0632. The van der Waals surface area contributed by atoms with Crippen molar-refractivity contribution in [3.63, 3.8) is 0 Å². The van der Waals surface area contributed by atoms with E-state index in [0.717, 1.165) is 24.1 Å². The molecule has 0 aliphatic carbocycles. The Morgan fingerprint density at radius 3 is 2.52 bits per heavy atom. The first-order valence-electron chi connectivity index (χ1n) is 7.72. The van der Waals surface area contributed by atoms with Crippen molar-refractivity contribution in [2.45, 2.75) is 18.9 Å². The molecule has 1 aliphatic rings. The van der Waals surface area contributed by atoms with E-state index in [0.29, 0.717) is 5.56 Å². The number of rotatable bonds is 4. The molecule has 1 saturated heterocycles. The molecule has 2 aromatic rings. The molecule has 0 radical (unpaired) electrons. The highest BCUT2D eigenvalue weighted by atomic mass is 16.5. The Morgan fingerprint density at radius 2 is 1.83 bits per heavy atom. The van der Waals surface area contributed by atoms with Crippen LogP contribution in [0.2, 0.25) is 0 Å². The summed E-state index contributed by atoms with van der Waals surface area (Å²) in [6.07, 6.45) is 0.734. The number of hydrogen-bond donors (Lipinski definition) is 0. The van der Waals surface area contributed by atoms with Crippen molar-refractivity contribution in [3.8, 4) is 0 Å². The Labute approximate surface area is 135 Å². The number of likely N-dealkylation sites (N-methyl/N-ethyl adjacent to an activating group) is 1. The molecule has 0 bridgehead atoms. The maximum atomic E-state index is 12.4. The van der Waals surface area contributed by atoms with Gasteiger partial charge in [-0.25, -0.2) is 4.79 Å². The Bertz CT molecular complexity index is 712. The lowest BCUT2D eigenvalue weighted by atomic mass is 9.93. The van der Waals surface area contributed by atoms with E-state index in [1.54, 1.807) is 24.1 Å². The third-order valence-electron chi connectivity index (χ3n) is 4.20. The first-order chi connectivity index (χ1) is 11.2. The summed E-state index contributed by atoms with van der Waals surface area (Å²) in [7, 11) is 1.79. The lowest BCUT2D eigenvalue weighted by Gasteiger charge is -2.14. The van der Waals surface area contributed by atoms with Crippen molar-refractivity contribution >= 4 is 11.9 Å². The molecular weight excluding hydrogens is 290 g/mol. The molecule has 23 heavy (non-hydrogen) atoms. The van der Waals surface area contributed by atoms with Gasteiger partial charge >= 0.3 is 5.97 Å². The highest BCUT2D eigenvalue weighted by molar-refractivity contribution is 5.95. The fraction of sp³-hybridized carbons (Fsp3) is 0.263. The molecule has 3 rings (SSSR count). The Balaban J connectivity index is 1.77. The SMILES string of the molecule is CN1CCC(c2ccccc2C(=O)OCc2ccccc2)C1=O. The second kappa shape index (κ2) is 6.65. The largest absolute Gasteiger partial charge is 0.457 e. The highest BCUT2D eigenvalue weighted by Gasteiger charge is 2.33. The summed E-state index contributed by atoms with van der Waals surface area (Å²) in [5.74, 6) is -0.569. The molecule has 1 amide bonds. The summed E-state index contributed by atoms with van der Waals surface area (Å²) >= 11 is 0. The average Bonchev–Trinajstić information content (AvgIpc) is 2.93. The molecule has 4 nitrogen and oxygen atoms in total. The van der Waals surface area contributed by atoms with Gasteiger partial charge in [0.2, 0.25) is 5.91 Å². The summed E-state index contributed by atoms with van der Waals surface area (Å²) < 4.78 is 5.41. The zero-order valence-corrected chi connectivity index (χ0v) is 13.1. The van der Waals surface area contributed by atoms with E-state index < -0.39 is 0 Å². The number of carbonyl (C=O) groups excluding carboxylic acids is 2. The van der Waals surface area contributed by atoms with Gasteiger partial charge in [0, 0.05) is 13.6 Å². The van der Waals surface area contributed by atoms with E-state index in [4.69, 9.17) is 4.74 Å². The Kier molecular flexibility index (Phi) is 4.42. The van der Waals surface area contributed by atoms with Crippen molar-refractivity contribution < 1.29 is 14.3 Å². The molecule has 1 atom stereocenters.